The number of fused-ring (bicyclic) bond motifs is 2. The zero-order chi connectivity index (χ0) is 22.0. The second-order valence-electron chi connectivity index (χ2n) is 10.5. The van der Waals surface area contributed by atoms with Gasteiger partial charge in [0.2, 0.25) is 0 Å². The van der Waals surface area contributed by atoms with Crippen molar-refractivity contribution in [2.75, 3.05) is 4.90 Å². The standard InChI is InChI=1S/C27H32BNO2/c1-25(2)21-11-7-9-13-23(21)29(24-14-10-8-12-22(24)25)20-17-15-19(16-18-20)28-30-26(3,4)27(5,6)31-28/h7-17,20H,18H2,1-6H3. The predicted octanol–water partition coefficient (Wildman–Crippen LogP) is 6.35. The quantitative estimate of drug-likeness (QED) is 0.536. The van der Waals surface area contributed by atoms with Gasteiger partial charge in [-0.2, -0.15) is 0 Å². The molecule has 3 nitrogen and oxygen atoms in total. The third-order valence-corrected chi connectivity index (χ3v) is 7.64. The van der Waals surface area contributed by atoms with Crippen molar-refractivity contribution in [3.8, 4) is 0 Å². The van der Waals surface area contributed by atoms with E-state index in [-0.39, 0.29) is 29.8 Å². The van der Waals surface area contributed by atoms with E-state index in [1.165, 1.54) is 22.5 Å². The smallest absolute Gasteiger partial charge is 0.399 e. The molecule has 3 aliphatic rings. The van der Waals surface area contributed by atoms with Crippen molar-refractivity contribution in [3.63, 3.8) is 0 Å². The minimum Gasteiger partial charge on any atom is -0.399 e. The van der Waals surface area contributed by atoms with Gasteiger partial charge in [0.1, 0.15) is 0 Å². The van der Waals surface area contributed by atoms with Crippen LogP contribution in [0, 0.1) is 0 Å². The molecule has 1 atom stereocenters. The van der Waals surface area contributed by atoms with Crippen LogP contribution in [0.15, 0.2) is 72.2 Å². The second-order valence-corrected chi connectivity index (χ2v) is 10.5. The van der Waals surface area contributed by atoms with Crippen molar-refractivity contribution in [2.45, 2.75) is 70.6 Å². The lowest BCUT2D eigenvalue weighted by Crippen LogP contribution is -2.41. The first kappa shape index (κ1) is 20.6. The molecule has 2 aromatic carbocycles. The van der Waals surface area contributed by atoms with Crippen LogP contribution in [0.3, 0.4) is 0 Å². The van der Waals surface area contributed by atoms with Crippen LogP contribution >= 0.6 is 0 Å². The van der Waals surface area contributed by atoms with Gasteiger partial charge >= 0.3 is 7.12 Å². The number of rotatable bonds is 2. The monoisotopic (exact) mass is 413 g/mol. The van der Waals surface area contributed by atoms with Crippen LogP contribution in [-0.4, -0.2) is 24.4 Å². The molecule has 0 radical (unpaired) electrons. The maximum Gasteiger partial charge on any atom is 0.494 e. The fraction of sp³-hybridized carbons (Fsp3) is 0.407. The van der Waals surface area contributed by atoms with Crippen molar-refractivity contribution in [1.82, 2.24) is 0 Å². The van der Waals surface area contributed by atoms with Gasteiger partial charge in [-0.25, -0.2) is 0 Å². The van der Waals surface area contributed by atoms with Gasteiger partial charge in [0.05, 0.1) is 17.2 Å². The lowest BCUT2D eigenvalue weighted by molar-refractivity contribution is 0.00578. The van der Waals surface area contributed by atoms with Crippen molar-refractivity contribution in [3.05, 3.63) is 83.4 Å². The first-order valence-electron chi connectivity index (χ1n) is 11.3. The molecule has 0 saturated carbocycles. The lowest BCUT2D eigenvalue weighted by atomic mass is 9.72. The summed E-state index contributed by atoms with van der Waals surface area (Å²) in [6, 6.07) is 17.9. The fourth-order valence-electron chi connectivity index (χ4n) is 5.03. The highest BCUT2D eigenvalue weighted by atomic mass is 16.7. The van der Waals surface area contributed by atoms with E-state index in [9.17, 15) is 0 Å². The molecular formula is C27H32BNO2. The Bertz CT molecular complexity index is 1020. The predicted molar refractivity (Wildman–Crippen MR) is 129 cm³/mol. The summed E-state index contributed by atoms with van der Waals surface area (Å²) in [5.41, 5.74) is 5.81. The van der Waals surface area contributed by atoms with Crippen molar-refractivity contribution in [1.29, 1.82) is 0 Å². The first-order chi connectivity index (χ1) is 14.6. The highest BCUT2D eigenvalue weighted by molar-refractivity contribution is 6.55. The molecule has 0 N–H and O–H groups in total. The maximum atomic E-state index is 6.27. The van der Waals surface area contributed by atoms with Gasteiger partial charge in [0.25, 0.3) is 0 Å². The summed E-state index contributed by atoms with van der Waals surface area (Å²) < 4.78 is 12.5. The molecule has 1 aliphatic carbocycles. The van der Waals surface area contributed by atoms with E-state index in [1.54, 1.807) is 0 Å². The molecule has 4 heteroatoms. The molecule has 2 heterocycles. The van der Waals surface area contributed by atoms with E-state index in [0.29, 0.717) is 0 Å². The average molecular weight is 413 g/mol. The van der Waals surface area contributed by atoms with Crippen LogP contribution in [-0.2, 0) is 14.7 Å². The highest BCUT2D eigenvalue weighted by Crippen LogP contribution is 2.50. The Kier molecular flexibility index (Phi) is 4.55. The molecule has 0 aromatic heterocycles. The van der Waals surface area contributed by atoms with Crippen molar-refractivity contribution < 1.29 is 9.31 Å². The number of para-hydroxylation sites is 2. The fourth-order valence-corrected chi connectivity index (χ4v) is 5.03. The number of benzene rings is 2. The average Bonchev–Trinajstić information content (AvgIpc) is 2.96. The van der Waals surface area contributed by atoms with Gasteiger partial charge in [0, 0.05) is 16.8 Å². The number of hydrogen-bond donors (Lipinski definition) is 0. The Labute approximate surface area is 186 Å². The second kappa shape index (κ2) is 6.85. The highest BCUT2D eigenvalue weighted by Gasteiger charge is 2.52. The minimum atomic E-state index is -0.320. The van der Waals surface area contributed by atoms with Crippen LogP contribution in [0.25, 0.3) is 0 Å². The Hall–Kier alpha value is -2.30. The van der Waals surface area contributed by atoms with Crippen LogP contribution in [0.5, 0.6) is 0 Å². The van der Waals surface area contributed by atoms with Gasteiger partial charge in [-0.3, -0.25) is 0 Å². The molecule has 1 saturated heterocycles. The van der Waals surface area contributed by atoms with Crippen molar-refractivity contribution in [2.24, 2.45) is 0 Å². The molecule has 5 rings (SSSR count). The molecule has 1 unspecified atom stereocenters. The molecule has 2 aromatic rings. The number of anilines is 2. The van der Waals surface area contributed by atoms with Crippen molar-refractivity contribution >= 4 is 18.5 Å². The topological polar surface area (TPSA) is 21.7 Å². The van der Waals surface area contributed by atoms with E-state index >= 15 is 0 Å². The Morgan fingerprint density at radius 2 is 1.32 bits per heavy atom. The first-order valence-corrected chi connectivity index (χ1v) is 11.3. The van der Waals surface area contributed by atoms with Gasteiger partial charge in [-0.15, -0.1) is 0 Å². The summed E-state index contributed by atoms with van der Waals surface area (Å²) in [5, 5.41) is 0. The summed E-state index contributed by atoms with van der Waals surface area (Å²) >= 11 is 0. The van der Waals surface area contributed by atoms with E-state index in [4.69, 9.17) is 9.31 Å². The summed E-state index contributed by atoms with van der Waals surface area (Å²) in [6.45, 7) is 13.1. The summed E-state index contributed by atoms with van der Waals surface area (Å²) in [6.07, 6.45) is 7.71. The van der Waals surface area contributed by atoms with E-state index in [1.807, 2.05) is 0 Å². The van der Waals surface area contributed by atoms with Crippen LogP contribution < -0.4 is 4.90 Å². The number of nitrogens with zero attached hydrogens (tertiary/aromatic N) is 1. The molecule has 0 bridgehead atoms. The van der Waals surface area contributed by atoms with E-state index in [2.05, 4.69) is 113 Å². The Morgan fingerprint density at radius 1 is 0.806 bits per heavy atom. The molecule has 0 amide bonds. The summed E-state index contributed by atoms with van der Waals surface area (Å²) in [4.78, 5) is 2.50. The molecule has 160 valence electrons. The largest absolute Gasteiger partial charge is 0.494 e. The van der Waals surface area contributed by atoms with Gasteiger partial charge in [0.15, 0.2) is 0 Å². The third-order valence-electron chi connectivity index (χ3n) is 7.64. The van der Waals surface area contributed by atoms with E-state index < -0.39 is 0 Å². The van der Waals surface area contributed by atoms with E-state index in [0.717, 1.165) is 11.9 Å². The third kappa shape index (κ3) is 3.11. The normalized spacial score (nSPS) is 25.1. The molecule has 1 fully saturated rings. The lowest BCUT2D eigenvalue weighted by Gasteiger charge is -2.45. The molecule has 0 spiro atoms. The number of allylic oxidation sites excluding steroid dienone is 2. The number of hydrogen-bond acceptors (Lipinski definition) is 3. The van der Waals surface area contributed by atoms with Crippen LogP contribution in [0.2, 0.25) is 0 Å². The van der Waals surface area contributed by atoms with Gasteiger partial charge < -0.3 is 14.2 Å². The van der Waals surface area contributed by atoms with Crippen LogP contribution in [0.1, 0.15) is 59.1 Å². The van der Waals surface area contributed by atoms with Gasteiger partial charge in [-0.1, -0.05) is 68.5 Å². The SMILES string of the molecule is CC1(C)c2ccccc2N(C2C=CC(B3OC(C)(C)C(C)(C)O3)=CC2)c2ccccc21. The zero-order valence-corrected chi connectivity index (χ0v) is 19.5. The minimum absolute atomic E-state index is 0.0221. The Balaban J connectivity index is 1.48. The van der Waals surface area contributed by atoms with Gasteiger partial charge in [-0.05, 0) is 62.8 Å². The molecular weight excluding hydrogens is 381 g/mol. The Morgan fingerprint density at radius 3 is 1.81 bits per heavy atom. The summed E-state index contributed by atoms with van der Waals surface area (Å²) in [5.74, 6) is 0. The maximum absolute atomic E-state index is 6.27. The zero-order valence-electron chi connectivity index (χ0n) is 19.5. The van der Waals surface area contributed by atoms with Crippen LogP contribution in [0.4, 0.5) is 11.4 Å². The molecule has 31 heavy (non-hydrogen) atoms. The summed E-state index contributed by atoms with van der Waals surface area (Å²) in [7, 11) is -0.304. The molecule has 2 aliphatic heterocycles.